The van der Waals surface area contributed by atoms with Gasteiger partial charge in [-0.2, -0.15) is 5.10 Å². The van der Waals surface area contributed by atoms with Gasteiger partial charge in [-0.25, -0.2) is 4.79 Å². The second-order valence-corrected chi connectivity index (χ2v) is 3.69. The van der Waals surface area contributed by atoms with Gasteiger partial charge >= 0.3 is 5.97 Å². The maximum absolute atomic E-state index is 11.8. The molecule has 0 radical (unpaired) electrons. The maximum atomic E-state index is 11.8. The number of ether oxygens (including phenoxy) is 1. The summed E-state index contributed by atoms with van der Waals surface area (Å²) in [6.07, 6.45) is 3.27. The Morgan fingerprint density at radius 3 is 2.72 bits per heavy atom. The molecular weight excluding hydrogens is 232 g/mol. The van der Waals surface area contributed by atoms with E-state index in [4.69, 9.17) is 10.5 Å². The van der Waals surface area contributed by atoms with Crippen LogP contribution in [0.25, 0.3) is 11.1 Å². The number of carbonyl (C=O) groups excluding carboxylic acids is 1. The molecule has 2 rings (SSSR count). The lowest BCUT2D eigenvalue weighted by molar-refractivity contribution is 0.0519. The maximum Gasteiger partial charge on any atom is 0.359 e. The molecule has 0 aliphatic heterocycles. The standard InChI is InChI=1S/C12H14N4O2/c1-3-18-12(17)10-9(11(13)16(2)15-10)8-4-6-14-7-5-8/h4-7H,3,13H2,1-2H3. The van der Waals surface area contributed by atoms with Crippen molar-refractivity contribution in [2.75, 3.05) is 12.3 Å². The van der Waals surface area contributed by atoms with Gasteiger partial charge < -0.3 is 10.5 Å². The lowest BCUT2D eigenvalue weighted by atomic mass is 10.1. The van der Waals surface area contributed by atoms with E-state index in [9.17, 15) is 4.79 Å². The number of esters is 1. The molecule has 18 heavy (non-hydrogen) atoms. The first-order valence-corrected chi connectivity index (χ1v) is 5.55. The van der Waals surface area contributed by atoms with Crippen LogP contribution in [0, 0.1) is 0 Å². The fourth-order valence-corrected chi connectivity index (χ4v) is 1.68. The summed E-state index contributed by atoms with van der Waals surface area (Å²) in [7, 11) is 1.68. The number of nitrogens with two attached hydrogens (primary N) is 1. The molecule has 0 aliphatic rings. The number of nitrogens with zero attached hydrogens (tertiary/aromatic N) is 3. The van der Waals surface area contributed by atoms with Crippen LogP contribution in [0.5, 0.6) is 0 Å². The number of pyridine rings is 1. The minimum absolute atomic E-state index is 0.225. The van der Waals surface area contributed by atoms with Gasteiger partial charge in [-0.15, -0.1) is 0 Å². The van der Waals surface area contributed by atoms with E-state index in [1.807, 2.05) is 0 Å². The third kappa shape index (κ3) is 2.04. The van der Waals surface area contributed by atoms with Crippen LogP contribution in [0.15, 0.2) is 24.5 Å². The summed E-state index contributed by atoms with van der Waals surface area (Å²) < 4.78 is 6.43. The van der Waals surface area contributed by atoms with E-state index in [1.165, 1.54) is 4.68 Å². The molecule has 0 fully saturated rings. The number of anilines is 1. The fraction of sp³-hybridized carbons (Fsp3) is 0.250. The molecule has 0 spiro atoms. The highest BCUT2D eigenvalue weighted by Gasteiger charge is 2.22. The summed E-state index contributed by atoms with van der Waals surface area (Å²) >= 11 is 0. The zero-order valence-corrected chi connectivity index (χ0v) is 10.3. The molecule has 0 atom stereocenters. The van der Waals surface area contributed by atoms with E-state index in [2.05, 4.69) is 10.1 Å². The van der Waals surface area contributed by atoms with Crippen molar-refractivity contribution in [3.05, 3.63) is 30.2 Å². The van der Waals surface area contributed by atoms with Gasteiger partial charge in [-0.05, 0) is 24.6 Å². The lowest BCUT2D eigenvalue weighted by Crippen LogP contribution is -2.07. The molecule has 0 saturated heterocycles. The summed E-state index contributed by atoms with van der Waals surface area (Å²) in [6, 6.07) is 3.55. The van der Waals surface area contributed by atoms with Crippen LogP contribution < -0.4 is 5.73 Å². The van der Waals surface area contributed by atoms with Crippen molar-refractivity contribution in [2.45, 2.75) is 6.92 Å². The van der Waals surface area contributed by atoms with E-state index in [0.717, 1.165) is 5.56 Å². The van der Waals surface area contributed by atoms with Gasteiger partial charge in [0.25, 0.3) is 0 Å². The molecule has 2 aromatic heterocycles. The van der Waals surface area contributed by atoms with Crippen molar-refractivity contribution >= 4 is 11.8 Å². The molecule has 0 bridgehead atoms. The van der Waals surface area contributed by atoms with Crippen molar-refractivity contribution in [1.29, 1.82) is 0 Å². The molecule has 2 heterocycles. The van der Waals surface area contributed by atoms with Crippen molar-refractivity contribution in [3.63, 3.8) is 0 Å². The predicted octanol–water partition coefficient (Wildman–Crippen LogP) is 1.24. The first kappa shape index (κ1) is 12.1. The van der Waals surface area contributed by atoms with Gasteiger partial charge in [-0.1, -0.05) is 0 Å². The summed E-state index contributed by atoms with van der Waals surface area (Å²) in [5.41, 5.74) is 7.54. The first-order chi connectivity index (χ1) is 8.65. The molecular formula is C12H14N4O2. The normalized spacial score (nSPS) is 10.3. The van der Waals surface area contributed by atoms with Crippen LogP contribution in [0.4, 0.5) is 5.82 Å². The molecule has 94 valence electrons. The number of aromatic nitrogens is 3. The van der Waals surface area contributed by atoms with Crippen molar-refractivity contribution in [1.82, 2.24) is 14.8 Å². The molecule has 0 amide bonds. The lowest BCUT2D eigenvalue weighted by Gasteiger charge is -2.03. The van der Waals surface area contributed by atoms with Crippen LogP contribution in [-0.2, 0) is 11.8 Å². The molecule has 0 saturated carbocycles. The van der Waals surface area contributed by atoms with Gasteiger partial charge in [0.15, 0.2) is 5.69 Å². The van der Waals surface area contributed by atoms with Crippen LogP contribution in [0.3, 0.4) is 0 Å². The van der Waals surface area contributed by atoms with Crippen LogP contribution in [0.2, 0.25) is 0 Å². The van der Waals surface area contributed by atoms with Crippen LogP contribution in [0.1, 0.15) is 17.4 Å². The van der Waals surface area contributed by atoms with Crippen LogP contribution in [-0.4, -0.2) is 27.3 Å². The van der Waals surface area contributed by atoms with Crippen molar-refractivity contribution in [3.8, 4) is 11.1 Å². The summed E-state index contributed by atoms with van der Waals surface area (Å²) in [6.45, 7) is 2.04. The molecule has 0 unspecified atom stereocenters. The van der Waals surface area contributed by atoms with Gasteiger partial charge in [0.1, 0.15) is 5.82 Å². The largest absolute Gasteiger partial charge is 0.461 e. The summed E-state index contributed by atoms with van der Waals surface area (Å²) in [5.74, 6) is -0.0548. The Morgan fingerprint density at radius 1 is 1.44 bits per heavy atom. The van der Waals surface area contributed by atoms with E-state index in [0.29, 0.717) is 18.0 Å². The highest BCUT2D eigenvalue weighted by atomic mass is 16.5. The topological polar surface area (TPSA) is 83.0 Å². The minimum Gasteiger partial charge on any atom is -0.461 e. The minimum atomic E-state index is -0.475. The van der Waals surface area contributed by atoms with Crippen molar-refractivity contribution in [2.24, 2.45) is 7.05 Å². The predicted molar refractivity (Wildman–Crippen MR) is 66.8 cm³/mol. The Balaban J connectivity index is 2.55. The Labute approximate surface area is 104 Å². The second-order valence-electron chi connectivity index (χ2n) is 3.69. The number of rotatable bonds is 3. The smallest absolute Gasteiger partial charge is 0.359 e. The fourth-order valence-electron chi connectivity index (χ4n) is 1.68. The Morgan fingerprint density at radius 2 is 2.11 bits per heavy atom. The number of carbonyl (C=O) groups is 1. The van der Waals surface area contributed by atoms with Gasteiger partial charge in [0.05, 0.1) is 12.2 Å². The Kier molecular flexibility index (Phi) is 3.27. The number of hydrogen-bond acceptors (Lipinski definition) is 5. The Bertz CT molecular complexity index is 563. The van der Waals surface area contributed by atoms with Gasteiger partial charge in [0, 0.05) is 19.4 Å². The summed E-state index contributed by atoms with van der Waals surface area (Å²) in [4.78, 5) is 15.8. The van der Waals surface area contributed by atoms with Gasteiger partial charge in [-0.3, -0.25) is 9.67 Å². The van der Waals surface area contributed by atoms with E-state index in [-0.39, 0.29) is 5.69 Å². The molecule has 0 aromatic carbocycles. The van der Waals surface area contributed by atoms with E-state index >= 15 is 0 Å². The zero-order valence-electron chi connectivity index (χ0n) is 10.3. The molecule has 2 aromatic rings. The SMILES string of the molecule is CCOC(=O)c1nn(C)c(N)c1-c1ccncc1. The highest BCUT2D eigenvalue weighted by molar-refractivity contribution is 5.98. The molecule has 6 heteroatoms. The van der Waals surface area contributed by atoms with Crippen LogP contribution >= 0.6 is 0 Å². The summed E-state index contributed by atoms with van der Waals surface area (Å²) in [5, 5.41) is 4.10. The third-order valence-electron chi connectivity index (χ3n) is 2.53. The number of aryl methyl sites for hydroxylation is 1. The van der Waals surface area contributed by atoms with Crippen molar-refractivity contribution < 1.29 is 9.53 Å². The average molecular weight is 246 g/mol. The Hall–Kier alpha value is -2.37. The van der Waals surface area contributed by atoms with Gasteiger partial charge in [0.2, 0.25) is 0 Å². The molecule has 2 N–H and O–H groups in total. The molecule has 6 nitrogen and oxygen atoms in total. The quantitative estimate of drug-likeness (QED) is 0.824. The second kappa shape index (κ2) is 4.87. The highest BCUT2D eigenvalue weighted by Crippen LogP contribution is 2.29. The first-order valence-electron chi connectivity index (χ1n) is 5.55. The zero-order chi connectivity index (χ0) is 13.1. The van der Waals surface area contributed by atoms with E-state index in [1.54, 1.807) is 38.5 Å². The third-order valence-corrected chi connectivity index (χ3v) is 2.53. The van der Waals surface area contributed by atoms with E-state index < -0.39 is 5.97 Å². The average Bonchev–Trinajstić information content (AvgIpc) is 2.67. The number of hydrogen-bond donors (Lipinski definition) is 1. The molecule has 0 aliphatic carbocycles. The monoisotopic (exact) mass is 246 g/mol. The number of nitrogen functional groups attached to an aromatic ring is 1.